The Balaban J connectivity index is 5.37. The number of aliphatic carboxylic acids is 1. The van der Waals surface area contributed by atoms with Crippen molar-refractivity contribution in [2.45, 2.75) is 25.0 Å². The number of nitrogens with two attached hydrogens (primary N) is 1. The number of hydrogen-bond acceptors (Lipinski definition) is 4. The van der Waals surface area contributed by atoms with E-state index in [4.69, 9.17) is 20.3 Å². The van der Waals surface area contributed by atoms with Crippen LogP contribution in [0, 0.1) is 0 Å². The van der Waals surface area contributed by atoms with Gasteiger partial charge in [-0.3, -0.25) is 4.79 Å². The predicted octanol–water partition coefficient (Wildman–Crippen LogP) is -0.633. The van der Waals surface area contributed by atoms with Crippen molar-refractivity contribution in [2.75, 3.05) is 14.2 Å². The molecular formula is C8H15NO5. The van der Waals surface area contributed by atoms with Gasteiger partial charge in [-0.2, -0.15) is 0 Å². The molecular weight excluding hydrogens is 190 g/mol. The van der Waals surface area contributed by atoms with Gasteiger partial charge in [-0.05, 0) is 13.8 Å². The van der Waals surface area contributed by atoms with Gasteiger partial charge in [-0.15, -0.1) is 0 Å². The summed E-state index contributed by atoms with van der Waals surface area (Å²) in [6, 6.07) is 0. The highest BCUT2D eigenvalue weighted by atomic mass is 16.6. The van der Waals surface area contributed by atoms with Crippen molar-refractivity contribution in [3.8, 4) is 0 Å². The molecule has 0 aromatic carbocycles. The van der Waals surface area contributed by atoms with Crippen molar-refractivity contribution in [2.24, 2.45) is 5.73 Å². The Kier molecular flexibility index (Phi) is 3.61. The molecule has 0 aliphatic rings. The number of carbonyl (C=O) groups is 2. The van der Waals surface area contributed by atoms with Crippen LogP contribution in [0.4, 0.5) is 0 Å². The van der Waals surface area contributed by atoms with Crippen LogP contribution in [0.2, 0.25) is 0 Å². The van der Waals surface area contributed by atoms with Crippen molar-refractivity contribution in [3.63, 3.8) is 0 Å². The summed E-state index contributed by atoms with van der Waals surface area (Å²) in [5.74, 6) is -2.21. The standard InChI is InChI=1S/C8H15NO5/c1-7(13-3,5(9)10)8(2,14-4)6(11)12/h1-4H3,(H2,9,10)(H,11,12)/t7-,8-/m0/s1. The molecule has 0 aromatic rings. The first kappa shape index (κ1) is 12.9. The maximum absolute atomic E-state index is 11.1. The zero-order valence-corrected chi connectivity index (χ0v) is 8.66. The monoisotopic (exact) mass is 205 g/mol. The Bertz CT molecular complexity index is 228. The zero-order chi connectivity index (χ0) is 11.6. The maximum atomic E-state index is 11.1. The molecule has 0 unspecified atom stereocenters. The Hall–Kier alpha value is -1.14. The second kappa shape index (κ2) is 3.93. The molecule has 0 radical (unpaired) electrons. The molecule has 0 rings (SSSR count). The van der Waals surface area contributed by atoms with E-state index in [9.17, 15) is 9.59 Å². The first-order chi connectivity index (χ1) is 6.26. The van der Waals surface area contributed by atoms with Crippen molar-refractivity contribution < 1.29 is 24.2 Å². The van der Waals surface area contributed by atoms with Gasteiger partial charge in [0.25, 0.3) is 5.91 Å². The highest BCUT2D eigenvalue weighted by Crippen LogP contribution is 2.28. The summed E-state index contributed by atoms with van der Waals surface area (Å²) in [5.41, 5.74) is 1.55. The van der Waals surface area contributed by atoms with Gasteiger partial charge in [0, 0.05) is 14.2 Å². The van der Waals surface area contributed by atoms with Crippen LogP contribution >= 0.6 is 0 Å². The van der Waals surface area contributed by atoms with Gasteiger partial charge in [0.05, 0.1) is 0 Å². The molecule has 14 heavy (non-hydrogen) atoms. The minimum Gasteiger partial charge on any atom is -0.479 e. The minimum atomic E-state index is -1.81. The Morgan fingerprint density at radius 1 is 1.14 bits per heavy atom. The Labute approximate surface area is 82.0 Å². The third-order valence-electron chi connectivity index (χ3n) is 2.61. The number of ether oxygens (including phenoxy) is 2. The van der Waals surface area contributed by atoms with Crippen LogP contribution < -0.4 is 5.73 Å². The summed E-state index contributed by atoms with van der Waals surface area (Å²) >= 11 is 0. The summed E-state index contributed by atoms with van der Waals surface area (Å²) in [6.07, 6.45) is 0. The average Bonchev–Trinajstić information content (AvgIpc) is 2.14. The largest absolute Gasteiger partial charge is 0.479 e. The highest BCUT2D eigenvalue weighted by Gasteiger charge is 2.56. The molecule has 0 aromatic heterocycles. The maximum Gasteiger partial charge on any atom is 0.339 e. The van der Waals surface area contributed by atoms with E-state index in [0.29, 0.717) is 0 Å². The molecule has 0 fully saturated rings. The molecule has 0 saturated heterocycles. The zero-order valence-electron chi connectivity index (χ0n) is 8.66. The van der Waals surface area contributed by atoms with Gasteiger partial charge >= 0.3 is 5.97 Å². The van der Waals surface area contributed by atoms with E-state index in [0.717, 1.165) is 0 Å². The number of hydrogen-bond donors (Lipinski definition) is 2. The minimum absolute atomic E-state index is 0.897. The smallest absolute Gasteiger partial charge is 0.339 e. The fourth-order valence-corrected chi connectivity index (χ4v) is 1.02. The van der Waals surface area contributed by atoms with Crippen molar-refractivity contribution in [3.05, 3.63) is 0 Å². The number of rotatable bonds is 5. The van der Waals surface area contributed by atoms with E-state index in [-0.39, 0.29) is 0 Å². The number of carbonyl (C=O) groups excluding carboxylic acids is 1. The summed E-state index contributed by atoms with van der Waals surface area (Å²) in [7, 11) is 2.37. The van der Waals surface area contributed by atoms with Gasteiger partial charge < -0.3 is 20.3 Å². The average molecular weight is 205 g/mol. The number of carboxylic acids is 1. The molecule has 82 valence electrons. The summed E-state index contributed by atoms with van der Waals surface area (Å²) < 4.78 is 9.63. The number of primary amides is 1. The second-order valence-electron chi connectivity index (χ2n) is 3.14. The van der Waals surface area contributed by atoms with Gasteiger partial charge in [0.15, 0.2) is 11.2 Å². The summed E-state index contributed by atoms with van der Waals surface area (Å²) in [4.78, 5) is 22.1. The van der Waals surface area contributed by atoms with E-state index in [2.05, 4.69) is 0 Å². The van der Waals surface area contributed by atoms with E-state index >= 15 is 0 Å². The topological polar surface area (TPSA) is 98.9 Å². The van der Waals surface area contributed by atoms with Gasteiger partial charge in [0.1, 0.15) is 0 Å². The molecule has 0 aliphatic heterocycles. The molecule has 0 aliphatic carbocycles. The molecule has 2 atom stereocenters. The highest BCUT2D eigenvalue weighted by molar-refractivity contribution is 5.93. The van der Waals surface area contributed by atoms with Crippen LogP contribution in [0.25, 0.3) is 0 Å². The van der Waals surface area contributed by atoms with Crippen LogP contribution in [0.5, 0.6) is 0 Å². The van der Waals surface area contributed by atoms with Gasteiger partial charge in [0.2, 0.25) is 0 Å². The lowest BCUT2D eigenvalue weighted by Crippen LogP contribution is -2.64. The lowest BCUT2D eigenvalue weighted by atomic mass is 9.84. The van der Waals surface area contributed by atoms with E-state index in [1.165, 1.54) is 28.1 Å². The normalized spacial score (nSPS) is 19.4. The van der Waals surface area contributed by atoms with E-state index in [1.54, 1.807) is 0 Å². The predicted molar refractivity (Wildman–Crippen MR) is 47.7 cm³/mol. The van der Waals surface area contributed by atoms with Crippen LogP contribution in [-0.4, -0.2) is 42.4 Å². The molecule has 6 nitrogen and oxygen atoms in total. The number of amides is 1. The van der Waals surface area contributed by atoms with Crippen LogP contribution in [-0.2, 0) is 19.1 Å². The molecule has 0 heterocycles. The number of carboxylic acid groups (broad SMARTS) is 1. The van der Waals surface area contributed by atoms with E-state index in [1.807, 2.05) is 0 Å². The van der Waals surface area contributed by atoms with Crippen LogP contribution in [0.1, 0.15) is 13.8 Å². The van der Waals surface area contributed by atoms with Crippen molar-refractivity contribution in [1.29, 1.82) is 0 Å². The third-order valence-corrected chi connectivity index (χ3v) is 2.61. The first-order valence-electron chi connectivity index (χ1n) is 3.90. The summed E-state index contributed by atoms with van der Waals surface area (Å²) in [6.45, 7) is 2.50. The third kappa shape index (κ3) is 1.58. The van der Waals surface area contributed by atoms with Gasteiger partial charge in [-0.1, -0.05) is 0 Å². The molecule has 3 N–H and O–H groups in total. The molecule has 0 bridgehead atoms. The molecule has 6 heteroatoms. The van der Waals surface area contributed by atoms with Crippen LogP contribution in [0.15, 0.2) is 0 Å². The van der Waals surface area contributed by atoms with Gasteiger partial charge in [-0.25, -0.2) is 4.79 Å². The quantitative estimate of drug-likeness (QED) is 0.622. The number of methoxy groups -OCH3 is 2. The molecule has 1 amide bonds. The van der Waals surface area contributed by atoms with Crippen molar-refractivity contribution >= 4 is 11.9 Å². The second-order valence-corrected chi connectivity index (χ2v) is 3.14. The summed E-state index contributed by atoms with van der Waals surface area (Å²) in [5, 5.41) is 8.94. The molecule has 0 spiro atoms. The SMILES string of the molecule is CO[C@@](C)(C(N)=O)[C@@](C)(OC)C(=O)O. The Morgan fingerprint density at radius 3 is 1.57 bits per heavy atom. The van der Waals surface area contributed by atoms with Crippen LogP contribution in [0.3, 0.4) is 0 Å². The van der Waals surface area contributed by atoms with E-state index < -0.39 is 23.1 Å². The fourth-order valence-electron chi connectivity index (χ4n) is 1.02. The fraction of sp³-hybridized carbons (Fsp3) is 0.750. The molecule has 0 saturated carbocycles. The Morgan fingerprint density at radius 2 is 1.50 bits per heavy atom. The van der Waals surface area contributed by atoms with Crippen molar-refractivity contribution in [1.82, 2.24) is 0 Å². The lowest BCUT2D eigenvalue weighted by molar-refractivity contribution is -0.200. The first-order valence-corrected chi connectivity index (χ1v) is 3.90. The lowest BCUT2D eigenvalue weighted by Gasteiger charge is -2.38.